The number of aromatic nitrogens is 2. The maximum atomic E-state index is 12.8. The Morgan fingerprint density at radius 1 is 1.27 bits per heavy atom. The molecule has 0 unspecified atom stereocenters. The van der Waals surface area contributed by atoms with E-state index >= 15 is 0 Å². The molecule has 0 aliphatic carbocycles. The first-order valence-electron chi connectivity index (χ1n) is 9.40. The number of piperidine rings is 1. The van der Waals surface area contributed by atoms with E-state index in [4.69, 9.17) is 9.47 Å². The van der Waals surface area contributed by atoms with Crippen LogP contribution in [0.4, 0.5) is 13.2 Å². The molecule has 0 atom stereocenters. The quantitative estimate of drug-likeness (QED) is 0.737. The van der Waals surface area contributed by atoms with Crippen LogP contribution in [0.5, 0.6) is 11.6 Å². The molecule has 10 heteroatoms. The predicted molar refractivity (Wildman–Crippen MR) is 102 cm³/mol. The van der Waals surface area contributed by atoms with Crippen molar-refractivity contribution >= 4 is 5.91 Å². The number of hydrogen-bond donors (Lipinski definition) is 0. The van der Waals surface area contributed by atoms with E-state index < -0.39 is 11.9 Å². The minimum absolute atomic E-state index is 0.0710. The summed E-state index contributed by atoms with van der Waals surface area (Å²) in [6.45, 7) is 1.16. The van der Waals surface area contributed by atoms with Crippen LogP contribution in [0.25, 0.3) is 0 Å². The molecule has 2 aromatic rings. The lowest BCUT2D eigenvalue weighted by Crippen LogP contribution is -2.40. The Hall–Kier alpha value is -3.04. The highest BCUT2D eigenvalue weighted by molar-refractivity contribution is 5.96. The first-order valence-corrected chi connectivity index (χ1v) is 9.40. The van der Waals surface area contributed by atoms with Crippen LogP contribution in [0.1, 0.15) is 28.9 Å². The van der Waals surface area contributed by atoms with E-state index in [1.165, 1.54) is 36.1 Å². The topological polar surface area (TPSA) is 73.7 Å². The molecule has 0 spiro atoms. The van der Waals surface area contributed by atoms with Gasteiger partial charge in [-0.2, -0.15) is 13.2 Å². The Bertz CT molecular complexity index is 966. The first-order chi connectivity index (χ1) is 14.2. The van der Waals surface area contributed by atoms with Crippen molar-refractivity contribution in [3.8, 4) is 11.6 Å². The van der Waals surface area contributed by atoms with Crippen LogP contribution in [-0.4, -0.2) is 47.2 Å². The number of hydrogen-bond acceptors (Lipinski definition) is 5. The van der Waals surface area contributed by atoms with Crippen LogP contribution >= 0.6 is 0 Å². The maximum absolute atomic E-state index is 12.8. The van der Waals surface area contributed by atoms with E-state index in [1.54, 1.807) is 11.9 Å². The molecule has 1 saturated heterocycles. The zero-order valence-electron chi connectivity index (χ0n) is 16.6. The highest BCUT2D eigenvalue weighted by Gasteiger charge is 2.33. The SMILES string of the molecule is COc1cc(=O)n(C)cc1C(=O)N1CCC(COc2cccc(C(F)(F)F)n2)CC1. The van der Waals surface area contributed by atoms with Crippen LogP contribution in [0, 0.1) is 5.92 Å². The van der Waals surface area contributed by atoms with Crippen molar-refractivity contribution in [1.29, 1.82) is 0 Å². The van der Waals surface area contributed by atoms with Gasteiger partial charge >= 0.3 is 6.18 Å². The Kier molecular flexibility index (Phi) is 6.33. The molecular weight excluding hydrogens is 403 g/mol. The number of methoxy groups -OCH3 is 1. The summed E-state index contributed by atoms with van der Waals surface area (Å²) < 4.78 is 50.2. The largest absolute Gasteiger partial charge is 0.496 e. The lowest BCUT2D eigenvalue weighted by molar-refractivity contribution is -0.141. The monoisotopic (exact) mass is 425 g/mol. The van der Waals surface area contributed by atoms with Crippen LogP contribution < -0.4 is 15.0 Å². The van der Waals surface area contributed by atoms with Crippen molar-refractivity contribution in [1.82, 2.24) is 14.5 Å². The summed E-state index contributed by atoms with van der Waals surface area (Å²) in [5.41, 5.74) is -0.962. The number of pyridine rings is 2. The normalized spacial score (nSPS) is 15.2. The fourth-order valence-corrected chi connectivity index (χ4v) is 3.27. The maximum Gasteiger partial charge on any atom is 0.433 e. The van der Waals surface area contributed by atoms with Gasteiger partial charge in [0.05, 0.1) is 19.3 Å². The fraction of sp³-hybridized carbons (Fsp3) is 0.450. The smallest absolute Gasteiger partial charge is 0.433 e. The van der Waals surface area contributed by atoms with Gasteiger partial charge in [-0.05, 0) is 24.8 Å². The summed E-state index contributed by atoms with van der Waals surface area (Å²) in [4.78, 5) is 29.7. The number of alkyl halides is 3. The van der Waals surface area contributed by atoms with Gasteiger partial charge in [-0.1, -0.05) is 6.07 Å². The van der Waals surface area contributed by atoms with Crippen molar-refractivity contribution in [3.05, 3.63) is 52.1 Å². The lowest BCUT2D eigenvalue weighted by atomic mass is 9.97. The number of rotatable bonds is 5. The Morgan fingerprint density at radius 2 is 1.97 bits per heavy atom. The minimum atomic E-state index is -4.52. The number of carbonyl (C=O) groups excluding carboxylic acids is 1. The third-order valence-electron chi connectivity index (χ3n) is 5.02. The highest BCUT2D eigenvalue weighted by atomic mass is 19.4. The van der Waals surface area contributed by atoms with Gasteiger partial charge < -0.3 is 18.9 Å². The van der Waals surface area contributed by atoms with Gasteiger partial charge in [0.25, 0.3) is 11.5 Å². The standard InChI is InChI=1S/C20H22F3N3O4/c1-25-11-14(15(29-2)10-18(25)27)19(28)26-8-6-13(7-9-26)12-30-17-5-3-4-16(24-17)20(21,22)23/h3-5,10-11,13H,6-9,12H2,1-2H3. The third kappa shape index (κ3) is 4.92. The summed E-state index contributed by atoms with van der Waals surface area (Å²) in [6, 6.07) is 4.81. The van der Waals surface area contributed by atoms with Gasteiger partial charge in [0, 0.05) is 38.5 Å². The molecule has 0 saturated carbocycles. The number of aryl methyl sites for hydroxylation is 1. The van der Waals surface area contributed by atoms with Crippen molar-refractivity contribution < 1.29 is 27.4 Å². The lowest BCUT2D eigenvalue weighted by Gasteiger charge is -2.32. The van der Waals surface area contributed by atoms with E-state index in [9.17, 15) is 22.8 Å². The second-order valence-electron chi connectivity index (χ2n) is 7.11. The van der Waals surface area contributed by atoms with Crippen LogP contribution in [0.15, 0.2) is 35.3 Å². The molecule has 0 N–H and O–H groups in total. The van der Waals surface area contributed by atoms with Gasteiger partial charge in [0.2, 0.25) is 5.88 Å². The Morgan fingerprint density at radius 3 is 2.60 bits per heavy atom. The zero-order valence-corrected chi connectivity index (χ0v) is 16.6. The second-order valence-corrected chi connectivity index (χ2v) is 7.11. The number of amides is 1. The van der Waals surface area contributed by atoms with Crippen molar-refractivity contribution in [3.63, 3.8) is 0 Å². The van der Waals surface area contributed by atoms with Gasteiger partial charge in [-0.3, -0.25) is 9.59 Å². The van der Waals surface area contributed by atoms with E-state index in [-0.39, 0.29) is 35.6 Å². The van der Waals surface area contributed by atoms with E-state index in [1.807, 2.05) is 0 Å². The predicted octanol–water partition coefficient (Wildman–Crippen LogP) is 2.74. The third-order valence-corrected chi connectivity index (χ3v) is 5.02. The number of likely N-dealkylation sites (tertiary alicyclic amines) is 1. The van der Waals surface area contributed by atoms with E-state index in [0.717, 1.165) is 6.07 Å². The minimum Gasteiger partial charge on any atom is -0.496 e. The number of carbonyl (C=O) groups is 1. The van der Waals surface area contributed by atoms with Crippen molar-refractivity contribution in [2.75, 3.05) is 26.8 Å². The van der Waals surface area contributed by atoms with Gasteiger partial charge in [-0.15, -0.1) is 0 Å². The number of nitrogens with zero attached hydrogens (tertiary/aromatic N) is 3. The van der Waals surface area contributed by atoms with E-state index in [2.05, 4.69) is 4.98 Å². The molecule has 1 fully saturated rings. The molecule has 7 nitrogen and oxygen atoms in total. The summed E-state index contributed by atoms with van der Waals surface area (Å²) in [6.07, 6.45) is -1.79. The average Bonchev–Trinajstić information content (AvgIpc) is 2.73. The Labute approximate surface area is 171 Å². The molecule has 0 aromatic carbocycles. The van der Waals surface area contributed by atoms with Gasteiger partial charge in [0.1, 0.15) is 11.4 Å². The number of halogens is 3. The molecular formula is C20H22F3N3O4. The summed E-state index contributed by atoms with van der Waals surface area (Å²) in [5.74, 6) is 0.0104. The van der Waals surface area contributed by atoms with Gasteiger partial charge in [0.15, 0.2) is 0 Å². The molecule has 2 aromatic heterocycles. The van der Waals surface area contributed by atoms with Crippen LogP contribution in [-0.2, 0) is 13.2 Å². The zero-order chi connectivity index (χ0) is 21.9. The van der Waals surface area contributed by atoms with Crippen LogP contribution in [0.2, 0.25) is 0 Å². The molecule has 162 valence electrons. The molecule has 30 heavy (non-hydrogen) atoms. The average molecular weight is 425 g/mol. The first kappa shape index (κ1) is 21.7. The molecule has 3 heterocycles. The molecule has 0 bridgehead atoms. The summed E-state index contributed by atoms with van der Waals surface area (Å²) in [5, 5.41) is 0. The molecule has 1 aliphatic heterocycles. The number of ether oxygens (including phenoxy) is 2. The fourth-order valence-electron chi connectivity index (χ4n) is 3.27. The molecule has 1 aliphatic rings. The van der Waals surface area contributed by atoms with E-state index in [0.29, 0.717) is 31.5 Å². The van der Waals surface area contributed by atoms with Crippen LogP contribution in [0.3, 0.4) is 0 Å². The van der Waals surface area contributed by atoms with Gasteiger partial charge in [-0.25, -0.2) is 4.98 Å². The molecule has 3 rings (SSSR count). The van der Waals surface area contributed by atoms with Crippen molar-refractivity contribution in [2.24, 2.45) is 13.0 Å². The summed E-state index contributed by atoms with van der Waals surface area (Å²) in [7, 11) is 2.96. The highest BCUT2D eigenvalue weighted by Crippen LogP contribution is 2.29. The summed E-state index contributed by atoms with van der Waals surface area (Å²) >= 11 is 0. The Balaban J connectivity index is 1.57. The molecule has 1 amide bonds. The molecule has 0 radical (unpaired) electrons. The van der Waals surface area contributed by atoms with Crippen molar-refractivity contribution in [2.45, 2.75) is 19.0 Å². The second kappa shape index (κ2) is 8.76.